The first kappa shape index (κ1) is 18.2. The topological polar surface area (TPSA) is 51.5 Å². The number of ether oxygens (including phenoxy) is 1. The van der Waals surface area contributed by atoms with Crippen molar-refractivity contribution in [2.45, 2.75) is 45.4 Å². The van der Waals surface area contributed by atoms with Gasteiger partial charge in [-0.15, -0.1) is 9.24 Å². The first-order valence-corrected chi connectivity index (χ1v) is 8.93. The second-order valence-electron chi connectivity index (χ2n) is 6.63. The largest absolute Gasteiger partial charge is 0.464 e. The molecule has 2 rings (SSSR count). The van der Waals surface area contributed by atoms with Crippen LogP contribution < -0.4 is 5.56 Å². The van der Waals surface area contributed by atoms with Crippen LogP contribution in [0.15, 0.2) is 23.1 Å². The van der Waals surface area contributed by atoms with E-state index < -0.39 is 6.04 Å². The van der Waals surface area contributed by atoms with E-state index in [1.165, 1.54) is 0 Å². The minimum atomic E-state index is -0.548. The number of carbonyl (C=O) groups is 1. The number of carbonyl (C=O) groups excluding carboxylic acids is 1. The van der Waals surface area contributed by atoms with Gasteiger partial charge in [-0.25, -0.2) is 4.79 Å². The van der Waals surface area contributed by atoms with Crippen molar-refractivity contribution in [2.24, 2.45) is 5.92 Å². The van der Waals surface area contributed by atoms with Gasteiger partial charge in [-0.1, -0.05) is 19.9 Å². The molecule has 1 aromatic heterocycles. The maximum absolute atomic E-state index is 12.3. The van der Waals surface area contributed by atoms with Crippen LogP contribution in [0.4, 0.5) is 0 Å². The average molecular weight is 338 g/mol. The van der Waals surface area contributed by atoms with Crippen LogP contribution in [-0.4, -0.2) is 40.8 Å². The number of likely N-dealkylation sites (tertiary alicyclic amines) is 1. The molecule has 0 bridgehead atoms. The third-order valence-electron chi connectivity index (χ3n) is 3.98. The predicted octanol–water partition coefficient (Wildman–Crippen LogP) is 2.06. The zero-order valence-electron chi connectivity index (χ0n) is 14.2. The summed E-state index contributed by atoms with van der Waals surface area (Å²) in [6.07, 6.45) is 2.42. The molecule has 1 aliphatic heterocycles. The molecule has 1 saturated heterocycles. The fraction of sp³-hybridized carbons (Fsp3) is 0.647. The number of aromatic nitrogens is 1. The Kier molecular flexibility index (Phi) is 6.37. The third-order valence-corrected chi connectivity index (χ3v) is 4.40. The number of rotatable bonds is 7. The van der Waals surface area contributed by atoms with Crippen LogP contribution in [0.25, 0.3) is 0 Å². The van der Waals surface area contributed by atoms with E-state index in [0.29, 0.717) is 24.6 Å². The minimum absolute atomic E-state index is 0.153. The molecule has 2 unspecified atom stereocenters. The molecule has 5 nitrogen and oxygen atoms in total. The second-order valence-corrected chi connectivity index (χ2v) is 7.58. The zero-order valence-corrected chi connectivity index (χ0v) is 15.4. The van der Waals surface area contributed by atoms with Gasteiger partial charge in [0.05, 0.1) is 6.61 Å². The number of pyridine rings is 1. The highest BCUT2D eigenvalue weighted by Gasteiger charge is 2.25. The maximum atomic E-state index is 12.3. The lowest BCUT2D eigenvalue weighted by Crippen LogP contribution is -2.46. The Morgan fingerprint density at radius 3 is 2.65 bits per heavy atom. The second kappa shape index (κ2) is 8.07. The summed E-state index contributed by atoms with van der Waals surface area (Å²) in [5.74, 6) is -0.0253. The summed E-state index contributed by atoms with van der Waals surface area (Å²) in [6, 6.07) is 2.86. The zero-order chi connectivity index (χ0) is 17.0. The van der Waals surface area contributed by atoms with Gasteiger partial charge in [0.2, 0.25) is 0 Å². The molecule has 1 aliphatic rings. The van der Waals surface area contributed by atoms with Crippen LogP contribution in [0.1, 0.15) is 38.8 Å². The molecule has 0 saturated carbocycles. The monoisotopic (exact) mass is 338 g/mol. The Balaban J connectivity index is 2.22. The molecular weight excluding hydrogens is 311 g/mol. The van der Waals surface area contributed by atoms with Crippen LogP contribution in [-0.2, 0) is 16.1 Å². The number of hydrogen-bond acceptors (Lipinski definition) is 4. The summed E-state index contributed by atoms with van der Waals surface area (Å²) in [4.78, 5) is 26.9. The highest BCUT2D eigenvalue weighted by molar-refractivity contribution is 7.17. The quantitative estimate of drug-likeness (QED) is 0.564. The van der Waals surface area contributed by atoms with Gasteiger partial charge >= 0.3 is 5.97 Å². The van der Waals surface area contributed by atoms with E-state index in [4.69, 9.17) is 4.74 Å². The molecule has 6 heteroatoms. The number of nitrogens with zero attached hydrogens (tertiary/aromatic N) is 2. The van der Waals surface area contributed by atoms with Gasteiger partial charge in [0.15, 0.2) is 0 Å². The molecule has 0 aliphatic carbocycles. The van der Waals surface area contributed by atoms with Gasteiger partial charge in [-0.2, -0.15) is 0 Å². The lowest BCUT2D eigenvalue weighted by Gasteiger charge is -2.37. The molecular formula is C17H27N2O3P. The number of hydrogen-bond donors (Lipinski definition) is 0. The van der Waals surface area contributed by atoms with Crippen molar-refractivity contribution in [3.05, 3.63) is 34.2 Å². The van der Waals surface area contributed by atoms with Gasteiger partial charge in [-0.3, -0.25) is 9.69 Å². The maximum Gasteiger partial charge on any atom is 0.329 e. The van der Waals surface area contributed by atoms with Crippen molar-refractivity contribution in [3.8, 4) is 0 Å². The predicted molar refractivity (Wildman–Crippen MR) is 94.6 cm³/mol. The summed E-state index contributed by atoms with van der Waals surface area (Å²) in [6.45, 7) is 9.11. The first-order valence-electron chi connectivity index (χ1n) is 8.26. The average Bonchev–Trinajstić information content (AvgIpc) is 2.45. The Labute approximate surface area is 140 Å². The van der Waals surface area contributed by atoms with Crippen molar-refractivity contribution in [1.29, 1.82) is 0 Å². The first-order chi connectivity index (χ1) is 10.9. The van der Waals surface area contributed by atoms with Crippen LogP contribution in [0, 0.1) is 5.92 Å². The van der Waals surface area contributed by atoms with E-state index in [1.54, 1.807) is 17.6 Å². The molecule has 2 heterocycles. The molecule has 0 amide bonds. The van der Waals surface area contributed by atoms with E-state index in [-0.39, 0.29) is 11.5 Å². The van der Waals surface area contributed by atoms with E-state index in [9.17, 15) is 9.59 Å². The summed E-state index contributed by atoms with van der Waals surface area (Å²) < 4.78 is 6.72. The summed E-state index contributed by atoms with van der Waals surface area (Å²) >= 11 is 0. The Bertz CT molecular complexity index is 594. The van der Waals surface area contributed by atoms with E-state index >= 15 is 0 Å². The van der Waals surface area contributed by atoms with Gasteiger partial charge < -0.3 is 9.30 Å². The van der Waals surface area contributed by atoms with Crippen LogP contribution in [0.2, 0.25) is 0 Å². The van der Waals surface area contributed by atoms with Crippen LogP contribution >= 0.6 is 9.24 Å². The van der Waals surface area contributed by atoms with Gasteiger partial charge in [0.25, 0.3) is 5.56 Å². The SMILES string of the molecule is CCOC(=O)C(CC(C)C)n1cc(CN2CC(P)C2)ccc1=O. The lowest BCUT2D eigenvalue weighted by atomic mass is 10.0. The smallest absolute Gasteiger partial charge is 0.329 e. The Morgan fingerprint density at radius 2 is 2.09 bits per heavy atom. The number of esters is 1. The summed E-state index contributed by atoms with van der Waals surface area (Å²) in [5.41, 5.74) is 1.56. The molecule has 0 radical (unpaired) electrons. The fourth-order valence-electron chi connectivity index (χ4n) is 2.89. The van der Waals surface area contributed by atoms with Crippen LogP contribution in [0.5, 0.6) is 0 Å². The van der Waals surface area contributed by atoms with Gasteiger partial charge in [0, 0.05) is 31.9 Å². The Morgan fingerprint density at radius 1 is 1.39 bits per heavy atom. The summed E-state index contributed by atoms with van der Waals surface area (Å²) in [7, 11) is 2.83. The normalized spacial score (nSPS) is 17.1. The fourth-order valence-corrected chi connectivity index (χ4v) is 3.49. The molecule has 128 valence electrons. The molecule has 0 aromatic carbocycles. The van der Waals surface area contributed by atoms with Crippen molar-refractivity contribution < 1.29 is 9.53 Å². The highest BCUT2D eigenvalue weighted by Crippen LogP contribution is 2.21. The molecule has 0 N–H and O–H groups in total. The molecule has 23 heavy (non-hydrogen) atoms. The van der Waals surface area contributed by atoms with Crippen molar-refractivity contribution >= 4 is 15.2 Å². The molecule has 1 fully saturated rings. The molecule has 2 atom stereocenters. The Hall–Kier alpha value is -1.19. The van der Waals surface area contributed by atoms with Crippen LogP contribution in [0.3, 0.4) is 0 Å². The lowest BCUT2D eigenvalue weighted by molar-refractivity contribution is -0.147. The minimum Gasteiger partial charge on any atom is -0.464 e. The van der Waals surface area contributed by atoms with Gasteiger partial charge in [-0.05, 0) is 30.5 Å². The van der Waals surface area contributed by atoms with E-state index in [1.807, 2.05) is 26.1 Å². The summed E-state index contributed by atoms with van der Waals surface area (Å²) in [5, 5.41) is 0. The highest BCUT2D eigenvalue weighted by atomic mass is 31.0. The van der Waals surface area contributed by atoms with Gasteiger partial charge in [0.1, 0.15) is 6.04 Å². The van der Waals surface area contributed by atoms with Crippen molar-refractivity contribution in [1.82, 2.24) is 9.47 Å². The van der Waals surface area contributed by atoms with E-state index in [0.717, 1.165) is 25.2 Å². The standard InChI is InChI=1S/C17H27N2O3P/c1-4-22-17(21)15(7-12(2)3)19-9-13(5-6-16(19)20)8-18-10-14(23)11-18/h5-6,9,12,14-15H,4,7-8,10-11,23H2,1-3H3. The molecule has 1 aromatic rings. The van der Waals surface area contributed by atoms with E-state index in [2.05, 4.69) is 14.1 Å². The van der Waals surface area contributed by atoms with Crippen molar-refractivity contribution in [3.63, 3.8) is 0 Å². The van der Waals surface area contributed by atoms with Crippen molar-refractivity contribution in [2.75, 3.05) is 19.7 Å². The third kappa shape index (κ3) is 4.89. The molecule has 0 spiro atoms.